The summed E-state index contributed by atoms with van der Waals surface area (Å²) in [6.07, 6.45) is 0. The highest BCUT2D eigenvalue weighted by atomic mass is 32.2. The molecule has 0 aliphatic rings. The number of hydrogen-bond acceptors (Lipinski definition) is 3. The van der Waals surface area contributed by atoms with Crippen molar-refractivity contribution in [3.05, 3.63) is 76.5 Å². The van der Waals surface area contributed by atoms with Gasteiger partial charge in [-0.1, -0.05) is 24.3 Å². The van der Waals surface area contributed by atoms with Crippen LogP contribution in [0.5, 0.6) is 0 Å². The number of hydrogen-bond donors (Lipinski definition) is 1. The second-order valence-electron chi connectivity index (χ2n) is 5.07. The smallest absolute Gasteiger partial charge is 0.207 e. The van der Waals surface area contributed by atoms with E-state index in [1.165, 1.54) is 0 Å². The van der Waals surface area contributed by atoms with Gasteiger partial charge in [0.15, 0.2) is 0 Å². The molecular formula is C17H13F2NO2S2. The standard InChI is InChI=1S/C17H13F2NO2S2/c18-14-5-6-17(16(19)9-14)24(21,22)20-10-12-3-1-2-4-15(12)13-7-8-23-11-13/h1-9,11,20H,10H2. The van der Waals surface area contributed by atoms with Gasteiger partial charge in [0.1, 0.15) is 16.5 Å². The number of thiophene rings is 1. The van der Waals surface area contributed by atoms with Crippen molar-refractivity contribution in [2.24, 2.45) is 0 Å². The maximum Gasteiger partial charge on any atom is 0.243 e. The van der Waals surface area contributed by atoms with Crippen molar-refractivity contribution in [1.82, 2.24) is 4.72 Å². The van der Waals surface area contributed by atoms with Gasteiger partial charge in [0.2, 0.25) is 10.0 Å². The lowest BCUT2D eigenvalue weighted by Crippen LogP contribution is -2.24. The molecule has 0 unspecified atom stereocenters. The maximum absolute atomic E-state index is 13.7. The number of rotatable bonds is 5. The summed E-state index contributed by atoms with van der Waals surface area (Å²) in [4.78, 5) is -0.572. The van der Waals surface area contributed by atoms with Gasteiger partial charge >= 0.3 is 0 Å². The first-order valence-corrected chi connectivity index (χ1v) is 9.45. The molecule has 3 nitrogen and oxygen atoms in total. The Kier molecular flexibility index (Phi) is 4.75. The van der Waals surface area contributed by atoms with Gasteiger partial charge in [-0.2, -0.15) is 11.3 Å². The Morgan fingerprint density at radius 3 is 2.54 bits per heavy atom. The van der Waals surface area contributed by atoms with Gasteiger partial charge in [0.25, 0.3) is 0 Å². The van der Waals surface area contributed by atoms with Crippen LogP contribution in [-0.2, 0) is 16.6 Å². The predicted octanol–water partition coefficient (Wildman–Crippen LogP) is 4.17. The molecule has 0 atom stereocenters. The van der Waals surface area contributed by atoms with Gasteiger partial charge in [-0.15, -0.1) is 0 Å². The minimum Gasteiger partial charge on any atom is -0.207 e. The van der Waals surface area contributed by atoms with E-state index in [4.69, 9.17) is 0 Å². The molecule has 0 aliphatic carbocycles. The third-order valence-corrected chi connectivity index (χ3v) is 5.60. The largest absolute Gasteiger partial charge is 0.243 e. The van der Waals surface area contributed by atoms with Crippen molar-refractivity contribution >= 4 is 21.4 Å². The van der Waals surface area contributed by atoms with Crippen LogP contribution in [0.15, 0.2) is 64.2 Å². The molecule has 0 fully saturated rings. The van der Waals surface area contributed by atoms with Gasteiger partial charge in [0, 0.05) is 12.6 Å². The van der Waals surface area contributed by atoms with Crippen LogP contribution in [0.2, 0.25) is 0 Å². The van der Waals surface area contributed by atoms with E-state index in [-0.39, 0.29) is 6.54 Å². The zero-order valence-electron chi connectivity index (χ0n) is 12.4. The van der Waals surface area contributed by atoms with Crippen LogP contribution in [0.4, 0.5) is 8.78 Å². The van der Waals surface area contributed by atoms with Crippen molar-refractivity contribution in [3.8, 4) is 11.1 Å². The first-order valence-electron chi connectivity index (χ1n) is 7.02. The van der Waals surface area contributed by atoms with Crippen LogP contribution >= 0.6 is 11.3 Å². The van der Waals surface area contributed by atoms with Crippen LogP contribution in [0.3, 0.4) is 0 Å². The molecule has 7 heteroatoms. The van der Waals surface area contributed by atoms with Crippen molar-refractivity contribution in [2.45, 2.75) is 11.4 Å². The highest BCUT2D eigenvalue weighted by molar-refractivity contribution is 7.89. The third-order valence-electron chi connectivity index (χ3n) is 3.49. The van der Waals surface area contributed by atoms with Crippen LogP contribution in [-0.4, -0.2) is 8.42 Å². The zero-order valence-corrected chi connectivity index (χ0v) is 14.0. The summed E-state index contributed by atoms with van der Waals surface area (Å²) in [6.45, 7) is 0.00513. The minimum absolute atomic E-state index is 0.00513. The molecule has 0 spiro atoms. The van der Waals surface area contributed by atoms with E-state index in [1.807, 2.05) is 29.0 Å². The molecule has 3 rings (SSSR count). The Labute approximate surface area is 142 Å². The number of halogens is 2. The van der Waals surface area contributed by atoms with Gasteiger partial charge in [-0.3, -0.25) is 0 Å². The number of benzene rings is 2. The molecule has 0 radical (unpaired) electrons. The molecule has 1 aromatic heterocycles. The maximum atomic E-state index is 13.7. The molecule has 24 heavy (non-hydrogen) atoms. The molecule has 1 heterocycles. The molecule has 0 saturated carbocycles. The molecule has 2 aromatic carbocycles. The first-order chi connectivity index (χ1) is 11.5. The summed E-state index contributed by atoms with van der Waals surface area (Å²) >= 11 is 1.54. The van der Waals surface area contributed by atoms with Crippen LogP contribution in [0.1, 0.15) is 5.56 Å². The fourth-order valence-electron chi connectivity index (χ4n) is 2.32. The quantitative estimate of drug-likeness (QED) is 0.738. The summed E-state index contributed by atoms with van der Waals surface area (Å²) in [7, 11) is -4.08. The average molecular weight is 365 g/mol. The monoisotopic (exact) mass is 365 g/mol. The van der Waals surface area contributed by atoms with Gasteiger partial charge in [0.05, 0.1) is 0 Å². The third kappa shape index (κ3) is 3.53. The van der Waals surface area contributed by atoms with Crippen molar-refractivity contribution in [3.63, 3.8) is 0 Å². The topological polar surface area (TPSA) is 46.2 Å². The normalized spacial score (nSPS) is 11.6. The molecule has 0 aliphatic heterocycles. The Balaban J connectivity index is 1.86. The summed E-state index contributed by atoms with van der Waals surface area (Å²) < 4.78 is 53.6. The highest BCUT2D eigenvalue weighted by Crippen LogP contribution is 2.26. The molecule has 0 bridgehead atoms. The molecule has 0 amide bonds. The van der Waals surface area contributed by atoms with Crippen LogP contribution in [0, 0.1) is 11.6 Å². The van der Waals surface area contributed by atoms with Crippen LogP contribution in [0.25, 0.3) is 11.1 Å². The van der Waals surface area contributed by atoms with Crippen molar-refractivity contribution in [2.75, 3.05) is 0 Å². The molecular weight excluding hydrogens is 352 g/mol. The van der Waals surface area contributed by atoms with E-state index >= 15 is 0 Å². The van der Waals surface area contributed by atoms with E-state index < -0.39 is 26.6 Å². The Hall–Kier alpha value is -2.09. The minimum atomic E-state index is -4.08. The molecule has 1 N–H and O–H groups in total. The van der Waals surface area contributed by atoms with Crippen molar-refractivity contribution < 1.29 is 17.2 Å². The zero-order chi connectivity index (χ0) is 17.2. The number of sulfonamides is 1. The molecule has 0 saturated heterocycles. The van der Waals surface area contributed by atoms with Gasteiger partial charge in [-0.05, 0) is 45.6 Å². The fraction of sp³-hybridized carbons (Fsp3) is 0.0588. The number of nitrogens with one attached hydrogen (secondary N) is 1. The first kappa shape index (κ1) is 16.8. The van der Waals surface area contributed by atoms with Gasteiger partial charge < -0.3 is 0 Å². The molecule has 3 aromatic rings. The van der Waals surface area contributed by atoms with E-state index in [2.05, 4.69) is 4.72 Å². The average Bonchev–Trinajstić information content (AvgIpc) is 3.07. The van der Waals surface area contributed by atoms with E-state index in [1.54, 1.807) is 23.5 Å². The second kappa shape index (κ2) is 6.80. The van der Waals surface area contributed by atoms with Crippen molar-refractivity contribution in [1.29, 1.82) is 0 Å². The summed E-state index contributed by atoms with van der Waals surface area (Å²) in [6, 6.07) is 11.7. The lowest BCUT2D eigenvalue weighted by atomic mass is 10.0. The molecule has 124 valence electrons. The summed E-state index contributed by atoms with van der Waals surface area (Å²) in [5.41, 5.74) is 2.66. The Bertz CT molecular complexity index is 954. The van der Waals surface area contributed by atoms with Crippen LogP contribution < -0.4 is 4.72 Å². The predicted molar refractivity (Wildman–Crippen MR) is 90.1 cm³/mol. The fourth-order valence-corrected chi connectivity index (χ4v) is 4.04. The lowest BCUT2D eigenvalue weighted by molar-refractivity contribution is 0.543. The summed E-state index contributed by atoms with van der Waals surface area (Å²) in [5.74, 6) is -1.94. The Morgan fingerprint density at radius 1 is 1.04 bits per heavy atom. The Morgan fingerprint density at radius 2 is 1.83 bits per heavy atom. The lowest BCUT2D eigenvalue weighted by Gasteiger charge is -2.11. The van der Waals surface area contributed by atoms with E-state index in [0.29, 0.717) is 6.07 Å². The second-order valence-corrected chi connectivity index (χ2v) is 7.58. The SMILES string of the molecule is O=S(=O)(NCc1ccccc1-c1ccsc1)c1ccc(F)cc1F. The van der Waals surface area contributed by atoms with E-state index in [0.717, 1.165) is 28.8 Å². The van der Waals surface area contributed by atoms with E-state index in [9.17, 15) is 17.2 Å². The van der Waals surface area contributed by atoms with Gasteiger partial charge in [-0.25, -0.2) is 21.9 Å². The highest BCUT2D eigenvalue weighted by Gasteiger charge is 2.19. The summed E-state index contributed by atoms with van der Waals surface area (Å²) in [5, 5.41) is 3.90.